The van der Waals surface area contributed by atoms with Crippen LogP contribution in [0.4, 0.5) is 15.8 Å². The molecule has 0 bridgehead atoms. The minimum Gasteiger partial charge on any atom is -0.506 e. The Morgan fingerprint density at radius 2 is 1.91 bits per heavy atom. The number of methoxy groups -OCH3 is 1. The highest BCUT2D eigenvalue weighted by atomic mass is 19.1. The maximum atomic E-state index is 16.3. The first-order valence-electron chi connectivity index (χ1n) is 14.5. The first kappa shape index (κ1) is 29.6. The molecule has 45 heavy (non-hydrogen) atoms. The molecule has 0 spiro atoms. The van der Waals surface area contributed by atoms with Gasteiger partial charge in [-0.05, 0) is 54.4 Å². The molecule has 0 fully saturated rings. The van der Waals surface area contributed by atoms with Crippen molar-refractivity contribution in [2.24, 2.45) is 5.41 Å². The zero-order valence-electron chi connectivity index (χ0n) is 25.1. The van der Waals surface area contributed by atoms with Crippen LogP contribution in [0, 0.1) is 22.6 Å². The van der Waals surface area contributed by atoms with Crippen LogP contribution in [0.15, 0.2) is 96.4 Å². The number of phenols is 1. The van der Waals surface area contributed by atoms with Gasteiger partial charge in [0.15, 0.2) is 0 Å². The van der Waals surface area contributed by atoms with Gasteiger partial charge in [-0.3, -0.25) is 9.69 Å². The number of aromatic hydroxyl groups is 1. The van der Waals surface area contributed by atoms with E-state index in [2.05, 4.69) is 11.4 Å². The Balaban J connectivity index is 1.51. The van der Waals surface area contributed by atoms with Crippen LogP contribution in [-0.4, -0.2) is 24.7 Å². The number of nitriles is 1. The lowest BCUT2D eigenvalue weighted by molar-refractivity contribution is 0.0757. The molecular formula is C36H32FN3O5. The smallest absolute Gasteiger partial charge is 0.259 e. The summed E-state index contributed by atoms with van der Waals surface area (Å²) in [6.45, 7) is 4.69. The molecule has 4 aromatic rings. The Kier molecular flexibility index (Phi) is 7.81. The second-order valence-corrected chi connectivity index (χ2v) is 11.8. The molecular weight excluding hydrogens is 573 g/mol. The molecule has 2 N–H and O–H groups in total. The lowest BCUT2D eigenvalue weighted by Gasteiger charge is -2.38. The fraction of sp³-hybridized carbons (Fsp3) is 0.222. The molecule has 0 radical (unpaired) electrons. The molecule has 2 aliphatic rings. The van der Waals surface area contributed by atoms with E-state index >= 15 is 4.39 Å². The summed E-state index contributed by atoms with van der Waals surface area (Å²) < 4.78 is 33.8. The number of anilines is 2. The Morgan fingerprint density at radius 3 is 2.64 bits per heavy atom. The monoisotopic (exact) mass is 605 g/mol. The van der Waals surface area contributed by atoms with Gasteiger partial charge in [0.1, 0.15) is 53.2 Å². The summed E-state index contributed by atoms with van der Waals surface area (Å²) in [6.07, 6.45) is 0.523. The maximum absolute atomic E-state index is 16.3. The van der Waals surface area contributed by atoms with E-state index in [-0.39, 0.29) is 34.5 Å². The Bertz CT molecular complexity index is 1850. The number of benzene rings is 4. The molecule has 9 heteroatoms. The van der Waals surface area contributed by atoms with Crippen LogP contribution in [0.25, 0.3) is 0 Å². The van der Waals surface area contributed by atoms with Crippen molar-refractivity contribution in [1.29, 1.82) is 5.26 Å². The van der Waals surface area contributed by atoms with E-state index in [0.29, 0.717) is 47.4 Å². The first-order chi connectivity index (χ1) is 21.7. The predicted molar refractivity (Wildman–Crippen MR) is 168 cm³/mol. The maximum Gasteiger partial charge on any atom is 0.259 e. The number of hydrogen-bond donors (Lipinski definition) is 2. The summed E-state index contributed by atoms with van der Waals surface area (Å²) >= 11 is 0. The minimum atomic E-state index is -1.06. The quantitative estimate of drug-likeness (QED) is 0.220. The average molecular weight is 606 g/mol. The molecule has 0 saturated carbocycles. The van der Waals surface area contributed by atoms with Crippen molar-refractivity contribution >= 4 is 17.3 Å². The van der Waals surface area contributed by atoms with Gasteiger partial charge < -0.3 is 24.6 Å². The molecule has 2 heterocycles. The number of amides is 1. The van der Waals surface area contributed by atoms with Crippen molar-refractivity contribution in [2.75, 3.05) is 23.9 Å². The minimum absolute atomic E-state index is 0.0845. The summed E-state index contributed by atoms with van der Waals surface area (Å²) in [5, 5.41) is 24.1. The number of phenolic OH excluding ortho intramolecular Hbond substituents is 1. The summed E-state index contributed by atoms with van der Waals surface area (Å²) in [6, 6.07) is 24.5. The van der Waals surface area contributed by atoms with E-state index in [1.165, 1.54) is 30.2 Å². The van der Waals surface area contributed by atoms with Crippen LogP contribution in [0.5, 0.6) is 17.2 Å². The highest BCUT2D eigenvalue weighted by Crippen LogP contribution is 2.50. The second kappa shape index (κ2) is 11.9. The van der Waals surface area contributed by atoms with Crippen LogP contribution in [0.1, 0.15) is 53.4 Å². The third kappa shape index (κ3) is 5.75. The Hall–Kier alpha value is -5.49. The highest BCUT2D eigenvalue weighted by Gasteiger charge is 2.43. The number of carbonyl (C=O) groups is 1. The van der Waals surface area contributed by atoms with Gasteiger partial charge >= 0.3 is 0 Å². The molecule has 2 aliphatic heterocycles. The van der Waals surface area contributed by atoms with Crippen LogP contribution in [-0.2, 0) is 11.3 Å². The van der Waals surface area contributed by atoms with Crippen molar-refractivity contribution in [1.82, 2.24) is 0 Å². The van der Waals surface area contributed by atoms with Gasteiger partial charge in [0.25, 0.3) is 5.91 Å². The van der Waals surface area contributed by atoms with Crippen LogP contribution < -0.4 is 19.7 Å². The molecule has 0 aromatic heterocycles. The summed E-state index contributed by atoms with van der Waals surface area (Å²) in [5.41, 5.74) is 2.43. The number of fused-ring (bicyclic) bond motifs is 1. The van der Waals surface area contributed by atoms with E-state index < -0.39 is 17.8 Å². The number of hydrogen-bond acceptors (Lipinski definition) is 7. The zero-order valence-corrected chi connectivity index (χ0v) is 25.1. The lowest BCUT2D eigenvalue weighted by atomic mass is 9.85. The van der Waals surface area contributed by atoms with Gasteiger partial charge in [0.2, 0.25) is 0 Å². The summed E-state index contributed by atoms with van der Waals surface area (Å²) in [7, 11) is 1.44. The normalized spacial score (nSPS) is 16.7. The number of carbonyl (C=O) groups excluding carboxylic acids is 1. The van der Waals surface area contributed by atoms with Crippen molar-refractivity contribution in [3.8, 4) is 23.3 Å². The molecule has 1 amide bonds. The number of halogens is 1. The van der Waals surface area contributed by atoms with E-state index in [0.717, 1.165) is 5.56 Å². The van der Waals surface area contributed by atoms with Gasteiger partial charge in [-0.15, -0.1) is 0 Å². The molecule has 8 nitrogen and oxygen atoms in total. The third-order valence-electron chi connectivity index (χ3n) is 7.93. The first-order valence-corrected chi connectivity index (χ1v) is 14.5. The SMILES string of the molecule is COc1ccc(C(=O)N2c3cccc(O)c3NC3=C(OCC(C)(C)C3)C2c2ccc(OCc3ccccc3)cc2F)cc1C#N. The lowest BCUT2D eigenvalue weighted by Crippen LogP contribution is -2.39. The van der Waals surface area contributed by atoms with Crippen molar-refractivity contribution in [2.45, 2.75) is 32.9 Å². The van der Waals surface area contributed by atoms with E-state index in [1.807, 2.05) is 44.2 Å². The molecule has 228 valence electrons. The van der Waals surface area contributed by atoms with E-state index in [4.69, 9.17) is 14.2 Å². The van der Waals surface area contributed by atoms with Crippen LogP contribution >= 0.6 is 0 Å². The van der Waals surface area contributed by atoms with Crippen molar-refractivity contribution in [3.05, 3.63) is 124 Å². The number of rotatable bonds is 6. The van der Waals surface area contributed by atoms with E-state index in [1.54, 1.807) is 36.4 Å². The predicted octanol–water partition coefficient (Wildman–Crippen LogP) is 7.46. The number of nitrogens with one attached hydrogen (secondary N) is 1. The summed E-state index contributed by atoms with van der Waals surface area (Å²) in [4.78, 5) is 16.0. The van der Waals surface area contributed by atoms with Gasteiger partial charge in [0, 0.05) is 22.6 Å². The molecule has 1 atom stereocenters. The molecule has 6 rings (SSSR count). The van der Waals surface area contributed by atoms with Crippen molar-refractivity contribution < 1.29 is 28.5 Å². The third-order valence-corrected chi connectivity index (χ3v) is 7.93. The number of para-hydroxylation sites is 1. The number of allylic oxidation sites excluding steroid dienone is 1. The fourth-order valence-electron chi connectivity index (χ4n) is 5.73. The number of ether oxygens (including phenoxy) is 3. The van der Waals surface area contributed by atoms with Gasteiger partial charge in [0.05, 0.1) is 30.7 Å². The van der Waals surface area contributed by atoms with Crippen molar-refractivity contribution in [3.63, 3.8) is 0 Å². The largest absolute Gasteiger partial charge is 0.506 e. The average Bonchev–Trinajstić information content (AvgIpc) is 3.18. The Labute approximate surface area is 260 Å². The molecule has 1 unspecified atom stereocenters. The highest BCUT2D eigenvalue weighted by molar-refractivity contribution is 6.09. The van der Waals surface area contributed by atoms with Crippen LogP contribution in [0.3, 0.4) is 0 Å². The zero-order chi connectivity index (χ0) is 31.7. The molecule has 0 aliphatic carbocycles. The van der Waals surface area contributed by atoms with Crippen LogP contribution in [0.2, 0.25) is 0 Å². The molecule has 4 aromatic carbocycles. The second-order valence-electron chi connectivity index (χ2n) is 11.8. The molecule has 0 saturated heterocycles. The van der Waals surface area contributed by atoms with E-state index in [9.17, 15) is 15.2 Å². The van der Waals surface area contributed by atoms with Gasteiger partial charge in [-0.2, -0.15) is 5.26 Å². The topological polar surface area (TPSA) is 104 Å². The number of nitrogens with zero attached hydrogens (tertiary/aromatic N) is 2. The van der Waals surface area contributed by atoms with Gasteiger partial charge in [-0.25, -0.2) is 4.39 Å². The van der Waals surface area contributed by atoms with Gasteiger partial charge in [-0.1, -0.05) is 50.2 Å². The Morgan fingerprint density at radius 1 is 1.11 bits per heavy atom. The standard InChI is InChI=1S/C36H32FN3O5/c1-36(2)18-28-34(45-21-36)33(26-14-13-25(17-27(26)37)44-20-22-8-5-4-6-9-22)40(29-10-7-11-30(41)32(29)39-28)35(42)23-12-15-31(43-3)24(16-23)19-38/h4-17,33,39,41H,18,20-21H2,1-3H3. The summed E-state index contributed by atoms with van der Waals surface area (Å²) in [5.74, 6) is -0.195. The fourth-order valence-corrected chi connectivity index (χ4v) is 5.73.